The fraction of sp³-hybridized carbons (Fsp3) is 0.258. The van der Waals surface area contributed by atoms with Crippen LogP contribution in [0.3, 0.4) is 0 Å². The molecule has 1 fully saturated rings. The van der Waals surface area contributed by atoms with Crippen LogP contribution in [0.2, 0.25) is 10.0 Å². The highest BCUT2D eigenvalue weighted by molar-refractivity contribution is 6.41. The van der Waals surface area contributed by atoms with Crippen LogP contribution in [0.25, 0.3) is 22.0 Å². The van der Waals surface area contributed by atoms with Gasteiger partial charge < -0.3 is 30.2 Å². The lowest BCUT2D eigenvalue weighted by molar-refractivity contribution is -0.111. The van der Waals surface area contributed by atoms with Gasteiger partial charge in [0.05, 0.1) is 47.9 Å². The summed E-state index contributed by atoms with van der Waals surface area (Å²) in [7, 11) is 3.06. The van der Waals surface area contributed by atoms with Crippen molar-refractivity contribution in [2.24, 2.45) is 5.92 Å². The Bertz CT molecular complexity index is 1630. The number of aryl methyl sites for hydroxylation is 1. The molecule has 1 amide bonds. The average Bonchev–Trinajstić information content (AvgIpc) is 3.52. The number of nitrogens with one attached hydrogen (secondary N) is 3. The maximum Gasteiger partial charge on any atom is 0.247 e. The van der Waals surface area contributed by atoms with Crippen LogP contribution in [0.5, 0.6) is 11.5 Å². The van der Waals surface area contributed by atoms with Gasteiger partial charge >= 0.3 is 0 Å². The summed E-state index contributed by atoms with van der Waals surface area (Å²) in [6.45, 7) is 7.61. The molecule has 1 aliphatic heterocycles. The lowest BCUT2D eigenvalue weighted by atomic mass is 10.1. The molecule has 1 aliphatic rings. The Kier molecular flexibility index (Phi) is 9.01. The molecular formula is C31H31Cl2N5O4. The maximum atomic E-state index is 12.0. The number of para-hydroxylation sites is 1. The van der Waals surface area contributed by atoms with E-state index in [0.717, 1.165) is 35.1 Å². The van der Waals surface area contributed by atoms with Gasteiger partial charge in [-0.05, 0) is 43.2 Å². The van der Waals surface area contributed by atoms with E-state index in [0.29, 0.717) is 69.2 Å². The lowest BCUT2D eigenvalue weighted by Crippen LogP contribution is -2.15. The monoisotopic (exact) mass is 607 g/mol. The van der Waals surface area contributed by atoms with Crippen molar-refractivity contribution in [2.75, 3.05) is 49.9 Å². The van der Waals surface area contributed by atoms with E-state index < -0.39 is 0 Å². The topological polar surface area (TPSA) is 107 Å². The molecule has 2 aromatic carbocycles. The number of nitrogens with zero attached hydrogens (tertiary/aromatic N) is 2. The number of carbonyl (C=O) groups is 1. The van der Waals surface area contributed by atoms with Crippen molar-refractivity contribution in [2.45, 2.75) is 13.3 Å². The summed E-state index contributed by atoms with van der Waals surface area (Å²) in [6.07, 6.45) is 3.95. The van der Waals surface area contributed by atoms with Crippen LogP contribution in [-0.2, 0) is 9.53 Å². The van der Waals surface area contributed by atoms with Crippen molar-refractivity contribution in [3.63, 3.8) is 0 Å². The number of hydrogen-bond donors (Lipinski definition) is 3. The first-order valence-corrected chi connectivity index (χ1v) is 14.1. The number of benzene rings is 2. The van der Waals surface area contributed by atoms with E-state index in [1.165, 1.54) is 20.3 Å². The van der Waals surface area contributed by atoms with E-state index in [2.05, 4.69) is 27.5 Å². The number of aromatic nitrogens is 2. The van der Waals surface area contributed by atoms with Crippen LogP contribution in [-0.4, -0.2) is 49.9 Å². The van der Waals surface area contributed by atoms with Crippen molar-refractivity contribution < 1.29 is 19.0 Å². The molecule has 11 heteroatoms. The molecule has 1 atom stereocenters. The zero-order valence-corrected chi connectivity index (χ0v) is 25.0. The summed E-state index contributed by atoms with van der Waals surface area (Å²) in [5, 5.41) is 12.0. The quantitative estimate of drug-likeness (QED) is 0.162. The number of halogens is 2. The summed E-state index contributed by atoms with van der Waals surface area (Å²) < 4.78 is 16.5. The highest BCUT2D eigenvalue weighted by atomic mass is 35.5. The first kappa shape index (κ1) is 29.4. The smallest absolute Gasteiger partial charge is 0.247 e. The Hall–Kier alpha value is -4.05. The Labute approximate surface area is 254 Å². The summed E-state index contributed by atoms with van der Waals surface area (Å²) >= 11 is 13.5. The second-order valence-electron chi connectivity index (χ2n) is 9.86. The van der Waals surface area contributed by atoms with Crippen molar-refractivity contribution in [3.8, 4) is 22.8 Å². The van der Waals surface area contributed by atoms with Gasteiger partial charge in [0.1, 0.15) is 23.1 Å². The summed E-state index contributed by atoms with van der Waals surface area (Å²) in [6, 6.07) is 11.1. The molecule has 1 unspecified atom stereocenters. The highest BCUT2D eigenvalue weighted by Crippen LogP contribution is 2.46. The number of methoxy groups -OCH3 is 2. The van der Waals surface area contributed by atoms with E-state index in [4.69, 9.17) is 42.4 Å². The molecule has 3 N–H and O–H groups in total. The van der Waals surface area contributed by atoms with Gasteiger partial charge in [0.2, 0.25) is 5.91 Å². The van der Waals surface area contributed by atoms with E-state index in [-0.39, 0.29) is 5.91 Å². The molecule has 9 nitrogen and oxygen atoms in total. The van der Waals surface area contributed by atoms with Crippen LogP contribution >= 0.6 is 23.2 Å². The van der Waals surface area contributed by atoms with Crippen molar-refractivity contribution >= 4 is 62.9 Å². The van der Waals surface area contributed by atoms with Gasteiger partial charge in [-0.2, -0.15) is 0 Å². The predicted octanol–water partition coefficient (Wildman–Crippen LogP) is 7.25. The molecule has 0 spiro atoms. The van der Waals surface area contributed by atoms with Crippen molar-refractivity contribution in [1.29, 1.82) is 0 Å². The largest absolute Gasteiger partial charge is 0.495 e. The second-order valence-corrected chi connectivity index (χ2v) is 10.6. The fourth-order valence-corrected chi connectivity index (χ4v) is 5.52. The number of carbonyl (C=O) groups excluding carboxylic acids is 1. The number of amides is 1. The van der Waals surface area contributed by atoms with E-state index in [9.17, 15) is 4.79 Å². The maximum absolute atomic E-state index is 12.0. The van der Waals surface area contributed by atoms with Crippen LogP contribution in [0.1, 0.15) is 12.0 Å². The first-order valence-electron chi connectivity index (χ1n) is 13.4. The van der Waals surface area contributed by atoms with E-state index in [1.807, 2.05) is 37.3 Å². The van der Waals surface area contributed by atoms with E-state index >= 15 is 0 Å². The van der Waals surface area contributed by atoms with Crippen LogP contribution < -0.4 is 25.4 Å². The molecule has 0 bridgehead atoms. The molecule has 1 saturated heterocycles. The van der Waals surface area contributed by atoms with Crippen LogP contribution in [0.15, 0.2) is 55.3 Å². The first-order chi connectivity index (χ1) is 20.3. The third kappa shape index (κ3) is 6.09. The van der Waals surface area contributed by atoms with Gasteiger partial charge in [0.15, 0.2) is 0 Å². The summed E-state index contributed by atoms with van der Waals surface area (Å²) in [5.41, 5.74) is 3.31. The van der Waals surface area contributed by atoms with Gasteiger partial charge in [-0.15, -0.1) is 0 Å². The standard InChI is InChI=1S/C31H31Cl2N5O4/c1-5-26(39)36-21-8-6-7-17(2)30(21)38-25-12-20-19(15-34-25)11-22(37-31(20)35-14-18-9-10-42-16-18)27-28(32)23(40-3)13-24(41-4)29(27)33/h5-8,11-13,15,18H,1,9-10,14,16H2,2-4H3,(H,34,38)(H,35,37)(H,36,39). The molecular weight excluding hydrogens is 577 g/mol. The highest BCUT2D eigenvalue weighted by Gasteiger charge is 2.22. The fourth-order valence-electron chi connectivity index (χ4n) is 4.82. The van der Waals surface area contributed by atoms with Crippen LogP contribution in [0, 0.1) is 12.8 Å². The number of pyridine rings is 2. The predicted molar refractivity (Wildman–Crippen MR) is 169 cm³/mol. The zero-order valence-electron chi connectivity index (χ0n) is 23.5. The molecule has 0 saturated carbocycles. The normalized spacial score (nSPS) is 14.5. The molecule has 4 aromatic rings. The van der Waals surface area contributed by atoms with E-state index in [1.54, 1.807) is 12.3 Å². The van der Waals surface area contributed by atoms with Crippen LogP contribution in [0.4, 0.5) is 23.0 Å². The van der Waals surface area contributed by atoms with Gasteiger partial charge in [-0.1, -0.05) is 41.9 Å². The van der Waals surface area contributed by atoms with Gasteiger partial charge in [0, 0.05) is 47.7 Å². The Balaban J connectivity index is 1.61. The Morgan fingerprint density at radius 3 is 2.60 bits per heavy atom. The molecule has 0 radical (unpaired) electrons. The molecule has 5 rings (SSSR count). The Morgan fingerprint density at radius 2 is 1.93 bits per heavy atom. The molecule has 218 valence electrons. The average molecular weight is 609 g/mol. The van der Waals surface area contributed by atoms with Gasteiger partial charge in [0.25, 0.3) is 0 Å². The minimum absolute atomic E-state index is 0.305. The van der Waals surface area contributed by atoms with Gasteiger partial charge in [-0.25, -0.2) is 9.97 Å². The zero-order chi connectivity index (χ0) is 29.8. The number of rotatable bonds is 10. The third-order valence-corrected chi connectivity index (χ3v) is 7.85. The van der Waals surface area contributed by atoms with Crippen molar-refractivity contribution in [1.82, 2.24) is 9.97 Å². The molecule has 2 aromatic heterocycles. The Morgan fingerprint density at radius 1 is 1.17 bits per heavy atom. The summed E-state index contributed by atoms with van der Waals surface area (Å²) in [4.78, 5) is 21.7. The molecule has 3 heterocycles. The number of hydrogen-bond acceptors (Lipinski definition) is 8. The third-order valence-electron chi connectivity index (χ3n) is 7.10. The SMILES string of the molecule is C=CC(=O)Nc1cccc(C)c1Nc1cc2c(NCC3CCOC3)nc(-c3c(Cl)c(OC)cc(OC)c3Cl)cc2cn1. The number of fused-ring (bicyclic) bond motifs is 1. The number of anilines is 4. The van der Waals surface area contributed by atoms with Gasteiger partial charge in [-0.3, -0.25) is 4.79 Å². The second kappa shape index (κ2) is 12.9. The number of ether oxygens (including phenoxy) is 3. The minimum Gasteiger partial charge on any atom is -0.495 e. The summed E-state index contributed by atoms with van der Waals surface area (Å²) in [5.74, 6) is 2.11. The lowest BCUT2D eigenvalue weighted by Gasteiger charge is -2.18. The van der Waals surface area contributed by atoms with Crippen molar-refractivity contribution in [3.05, 3.63) is 70.9 Å². The molecule has 0 aliphatic carbocycles. The minimum atomic E-state index is -0.305. The molecule has 42 heavy (non-hydrogen) atoms.